The van der Waals surface area contributed by atoms with Crippen LogP contribution in [0, 0.1) is 5.41 Å². The van der Waals surface area contributed by atoms with Gasteiger partial charge in [0, 0.05) is 12.8 Å². The average molecular weight is 526 g/mol. The second-order valence-corrected chi connectivity index (χ2v) is 10.1. The van der Waals surface area contributed by atoms with Crippen LogP contribution >= 0.6 is 0 Å². The third kappa shape index (κ3) is 12.0. The lowest BCUT2D eigenvalue weighted by Gasteiger charge is -2.28. The summed E-state index contributed by atoms with van der Waals surface area (Å²) in [7, 11) is 0. The van der Waals surface area contributed by atoms with Gasteiger partial charge in [0.2, 0.25) is 0 Å². The number of carbonyl (C=O) groups is 4. The Morgan fingerprint density at radius 2 is 1.49 bits per heavy atom. The SMILES string of the molecule is CCCOC(=O)Oc1ccc(CC(N)(C[C@H](C)OC(=O)CC(C)(C)C)C(=O)O)cc1OC(=O)OCCC. The first kappa shape index (κ1) is 31.7. The van der Waals surface area contributed by atoms with Crippen LogP contribution in [0.15, 0.2) is 18.2 Å². The summed E-state index contributed by atoms with van der Waals surface area (Å²) in [5.41, 5.74) is 4.50. The van der Waals surface area contributed by atoms with Gasteiger partial charge in [0.05, 0.1) is 19.6 Å². The van der Waals surface area contributed by atoms with E-state index in [-0.39, 0.29) is 49.4 Å². The Morgan fingerprint density at radius 1 is 0.946 bits per heavy atom. The minimum absolute atomic E-state index is 0.115. The summed E-state index contributed by atoms with van der Waals surface area (Å²) >= 11 is 0. The lowest BCUT2D eigenvalue weighted by atomic mass is 9.86. The van der Waals surface area contributed by atoms with Crippen molar-refractivity contribution in [3.8, 4) is 11.5 Å². The molecule has 2 atom stereocenters. The van der Waals surface area contributed by atoms with Crippen LogP contribution in [0.25, 0.3) is 0 Å². The second kappa shape index (κ2) is 14.4. The first-order chi connectivity index (χ1) is 17.2. The first-order valence-electron chi connectivity index (χ1n) is 12.2. The molecule has 1 aromatic rings. The Bertz CT molecular complexity index is 940. The second-order valence-electron chi connectivity index (χ2n) is 10.1. The third-order valence-electron chi connectivity index (χ3n) is 4.85. The molecular weight excluding hydrogens is 486 g/mol. The summed E-state index contributed by atoms with van der Waals surface area (Å²) in [4.78, 5) is 48.3. The lowest BCUT2D eigenvalue weighted by Crippen LogP contribution is -2.52. The molecular formula is C26H39NO10. The van der Waals surface area contributed by atoms with E-state index < -0.39 is 35.9 Å². The molecule has 11 nitrogen and oxygen atoms in total. The van der Waals surface area contributed by atoms with Gasteiger partial charge in [-0.15, -0.1) is 0 Å². The van der Waals surface area contributed by atoms with Gasteiger partial charge in [-0.05, 0) is 42.9 Å². The molecule has 0 amide bonds. The van der Waals surface area contributed by atoms with Crippen LogP contribution in [0.3, 0.4) is 0 Å². The molecule has 0 aliphatic rings. The van der Waals surface area contributed by atoms with Crippen LogP contribution in [0.5, 0.6) is 11.5 Å². The molecule has 0 saturated carbocycles. The highest BCUT2D eigenvalue weighted by atomic mass is 16.7. The maximum Gasteiger partial charge on any atom is 0.513 e. The standard InChI is InChI=1S/C26H39NO10/c1-7-11-33-23(31)36-19-10-9-18(13-20(19)37-24(32)34-12-8-2)15-26(27,22(29)30)14-17(3)35-21(28)16-25(4,5)6/h9-10,13,17H,7-8,11-12,14-16,27H2,1-6H3,(H,29,30)/t17-,26?/m0/s1. The van der Waals surface area contributed by atoms with Gasteiger partial charge in [-0.3, -0.25) is 9.59 Å². The van der Waals surface area contributed by atoms with Crippen LogP contribution in [0.2, 0.25) is 0 Å². The Kier molecular flexibility index (Phi) is 12.3. The Labute approximate surface area is 217 Å². The highest BCUT2D eigenvalue weighted by molar-refractivity contribution is 5.79. The summed E-state index contributed by atoms with van der Waals surface area (Å²) in [5.74, 6) is -2.06. The lowest BCUT2D eigenvalue weighted by molar-refractivity contribution is -0.154. The van der Waals surface area contributed by atoms with Crippen molar-refractivity contribution in [2.45, 2.75) is 85.3 Å². The van der Waals surface area contributed by atoms with Crippen molar-refractivity contribution >= 4 is 24.2 Å². The first-order valence-corrected chi connectivity index (χ1v) is 12.2. The van der Waals surface area contributed by atoms with E-state index in [2.05, 4.69) is 0 Å². The number of ether oxygens (including phenoxy) is 5. The molecule has 1 aromatic carbocycles. The number of carboxylic acid groups (broad SMARTS) is 1. The topological polar surface area (TPSA) is 161 Å². The van der Waals surface area contributed by atoms with E-state index in [4.69, 9.17) is 29.4 Å². The molecule has 0 aliphatic heterocycles. The summed E-state index contributed by atoms with van der Waals surface area (Å²) in [5, 5.41) is 9.87. The fraction of sp³-hybridized carbons (Fsp3) is 0.615. The zero-order valence-corrected chi connectivity index (χ0v) is 22.5. The van der Waals surface area contributed by atoms with Crippen molar-refractivity contribution in [3.63, 3.8) is 0 Å². The zero-order valence-electron chi connectivity index (χ0n) is 22.5. The molecule has 0 aliphatic carbocycles. The molecule has 0 radical (unpaired) electrons. The molecule has 0 aromatic heterocycles. The molecule has 208 valence electrons. The fourth-order valence-corrected chi connectivity index (χ4v) is 3.29. The van der Waals surface area contributed by atoms with Gasteiger partial charge in [0.1, 0.15) is 11.6 Å². The van der Waals surface area contributed by atoms with Crippen LogP contribution in [-0.4, -0.2) is 54.2 Å². The summed E-state index contributed by atoms with van der Waals surface area (Å²) < 4.78 is 25.5. The van der Waals surface area contributed by atoms with Gasteiger partial charge < -0.3 is 34.5 Å². The number of esters is 1. The van der Waals surface area contributed by atoms with E-state index in [9.17, 15) is 24.3 Å². The number of hydrogen-bond acceptors (Lipinski definition) is 10. The molecule has 1 rings (SSSR count). The third-order valence-corrected chi connectivity index (χ3v) is 4.85. The van der Waals surface area contributed by atoms with E-state index in [0.29, 0.717) is 18.4 Å². The van der Waals surface area contributed by atoms with Crippen LogP contribution in [0.4, 0.5) is 9.59 Å². The molecule has 1 unspecified atom stereocenters. The van der Waals surface area contributed by atoms with E-state index >= 15 is 0 Å². The number of aliphatic carboxylic acids is 1. The minimum Gasteiger partial charge on any atom is -0.480 e. The van der Waals surface area contributed by atoms with Crippen LogP contribution < -0.4 is 15.2 Å². The van der Waals surface area contributed by atoms with Crippen molar-refractivity contribution in [3.05, 3.63) is 23.8 Å². The van der Waals surface area contributed by atoms with E-state index in [0.717, 1.165) is 0 Å². The molecule has 3 N–H and O–H groups in total. The van der Waals surface area contributed by atoms with Gasteiger partial charge in [-0.25, -0.2) is 9.59 Å². The number of benzene rings is 1. The number of carbonyl (C=O) groups excluding carboxylic acids is 3. The molecule has 0 fully saturated rings. The van der Waals surface area contributed by atoms with Crippen molar-refractivity contribution in [1.29, 1.82) is 0 Å². The highest BCUT2D eigenvalue weighted by Crippen LogP contribution is 2.31. The quantitative estimate of drug-likeness (QED) is 0.210. The van der Waals surface area contributed by atoms with E-state index in [1.807, 2.05) is 27.7 Å². The monoisotopic (exact) mass is 525 g/mol. The Hall–Kier alpha value is -3.34. The molecule has 37 heavy (non-hydrogen) atoms. The largest absolute Gasteiger partial charge is 0.513 e. The van der Waals surface area contributed by atoms with Gasteiger partial charge in [0.15, 0.2) is 11.5 Å². The van der Waals surface area contributed by atoms with E-state index in [1.54, 1.807) is 13.8 Å². The van der Waals surface area contributed by atoms with Crippen molar-refractivity contribution < 1.29 is 48.0 Å². The van der Waals surface area contributed by atoms with Gasteiger partial charge in [0.25, 0.3) is 0 Å². The maximum atomic E-state index is 12.2. The van der Waals surface area contributed by atoms with Crippen LogP contribution in [0.1, 0.15) is 72.8 Å². The maximum absolute atomic E-state index is 12.2. The van der Waals surface area contributed by atoms with Crippen molar-refractivity contribution in [2.24, 2.45) is 11.1 Å². The van der Waals surface area contributed by atoms with Gasteiger partial charge in [-0.1, -0.05) is 40.7 Å². The Morgan fingerprint density at radius 3 is 1.97 bits per heavy atom. The average Bonchev–Trinajstić information content (AvgIpc) is 2.76. The van der Waals surface area contributed by atoms with Gasteiger partial charge >= 0.3 is 24.2 Å². The van der Waals surface area contributed by atoms with Crippen molar-refractivity contribution in [1.82, 2.24) is 0 Å². The van der Waals surface area contributed by atoms with Gasteiger partial charge in [-0.2, -0.15) is 0 Å². The summed E-state index contributed by atoms with van der Waals surface area (Å²) in [6.45, 7) is 11.1. The molecule has 0 bridgehead atoms. The number of nitrogens with two attached hydrogens (primary N) is 1. The number of hydrogen-bond donors (Lipinski definition) is 2. The van der Waals surface area contributed by atoms with Crippen LogP contribution in [-0.2, 0) is 30.2 Å². The highest BCUT2D eigenvalue weighted by Gasteiger charge is 2.37. The summed E-state index contributed by atoms with van der Waals surface area (Å²) in [6, 6.07) is 4.14. The van der Waals surface area contributed by atoms with Crippen molar-refractivity contribution in [2.75, 3.05) is 13.2 Å². The zero-order chi connectivity index (χ0) is 28.2. The number of rotatable bonds is 13. The Balaban J connectivity index is 3.13. The predicted octanol–water partition coefficient (Wildman–Crippen LogP) is 4.62. The smallest absolute Gasteiger partial charge is 0.480 e. The molecule has 0 heterocycles. The predicted molar refractivity (Wildman–Crippen MR) is 133 cm³/mol. The number of carboxylic acids is 1. The summed E-state index contributed by atoms with van der Waals surface area (Å²) in [6.07, 6.45) is -1.86. The fourth-order valence-electron chi connectivity index (χ4n) is 3.29. The normalized spacial score (nSPS) is 13.6. The molecule has 0 saturated heterocycles. The molecule has 11 heteroatoms. The minimum atomic E-state index is -1.82. The van der Waals surface area contributed by atoms with E-state index in [1.165, 1.54) is 18.2 Å². The molecule has 0 spiro atoms.